The third-order valence-electron chi connectivity index (χ3n) is 3.74. The van der Waals surface area contributed by atoms with Crippen molar-refractivity contribution in [3.05, 3.63) is 24.3 Å². The number of benzene rings is 1. The third-order valence-corrected chi connectivity index (χ3v) is 3.74. The number of nitrogens with two attached hydrogens (primary N) is 1. The van der Waals surface area contributed by atoms with Crippen LogP contribution in [0.25, 0.3) is 0 Å². The maximum absolute atomic E-state index is 5.92. The number of anilines is 1. The second kappa shape index (κ2) is 10.7. The first kappa shape index (κ1) is 19.0. The van der Waals surface area contributed by atoms with E-state index in [1.54, 1.807) is 7.11 Å². The van der Waals surface area contributed by atoms with Gasteiger partial charge in [-0.2, -0.15) is 0 Å². The molecule has 5 nitrogen and oxygen atoms in total. The Morgan fingerprint density at radius 1 is 1.27 bits per heavy atom. The van der Waals surface area contributed by atoms with Gasteiger partial charge in [-0.05, 0) is 38.1 Å². The number of likely N-dealkylation sites (tertiary alicyclic amines) is 1. The molecule has 1 heterocycles. The monoisotopic (exact) mass is 418 g/mol. The van der Waals surface area contributed by atoms with Gasteiger partial charge in [0.15, 0.2) is 5.96 Å². The molecule has 1 fully saturated rings. The van der Waals surface area contributed by atoms with Gasteiger partial charge in [0.25, 0.3) is 0 Å². The van der Waals surface area contributed by atoms with Crippen molar-refractivity contribution in [3.8, 4) is 5.75 Å². The number of ether oxygens (including phenoxy) is 1. The van der Waals surface area contributed by atoms with Gasteiger partial charge in [-0.3, -0.25) is 4.99 Å². The standard InChI is InChI=1S/C16H26N4O.HI/c1-21-15-8-6-7-14(13-15)19-16(17)18-9-12-20-10-4-2-3-5-11-20;/h6-8,13H,2-5,9-12H2,1H3,(H3,17,18,19);1H. The van der Waals surface area contributed by atoms with E-state index in [4.69, 9.17) is 10.5 Å². The number of hydrogen-bond donors (Lipinski definition) is 2. The molecule has 0 radical (unpaired) electrons. The van der Waals surface area contributed by atoms with Gasteiger partial charge in [0.05, 0.1) is 13.7 Å². The lowest BCUT2D eigenvalue weighted by molar-refractivity contribution is 0.293. The summed E-state index contributed by atoms with van der Waals surface area (Å²) < 4.78 is 5.18. The summed E-state index contributed by atoms with van der Waals surface area (Å²) in [6.07, 6.45) is 5.33. The molecule has 0 aliphatic carbocycles. The van der Waals surface area contributed by atoms with Crippen LogP contribution in [-0.2, 0) is 0 Å². The van der Waals surface area contributed by atoms with Crippen LogP contribution in [0.4, 0.5) is 5.69 Å². The van der Waals surface area contributed by atoms with Crippen molar-refractivity contribution < 1.29 is 4.74 Å². The smallest absolute Gasteiger partial charge is 0.193 e. The molecule has 1 aromatic carbocycles. The summed E-state index contributed by atoms with van der Waals surface area (Å²) in [6, 6.07) is 7.67. The minimum Gasteiger partial charge on any atom is -0.497 e. The molecule has 0 atom stereocenters. The zero-order chi connectivity index (χ0) is 14.9. The summed E-state index contributed by atoms with van der Waals surface area (Å²) in [5.41, 5.74) is 6.82. The van der Waals surface area contributed by atoms with Crippen LogP contribution in [0.2, 0.25) is 0 Å². The van der Waals surface area contributed by atoms with Gasteiger partial charge in [-0.15, -0.1) is 24.0 Å². The maximum Gasteiger partial charge on any atom is 0.193 e. The number of rotatable bonds is 5. The van der Waals surface area contributed by atoms with Gasteiger partial charge < -0.3 is 20.7 Å². The lowest BCUT2D eigenvalue weighted by Crippen LogP contribution is -2.29. The summed E-state index contributed by atoms with van der Waals surface area (Å²) in [4.78, 5) is 6.88. The minimum atomic E-state index is 0. The lowest BCUT2D eigenvalue weighted by Gasteiger charge is -2.18. The van der Waals surface area contributed by atoms with E-state index in [0.29, 0.717) is 5.96 Å². The Balaban J connectivity index is 0.00000242. The topological polar surface area (TPSA) is 62.9 Å². The highest BCUT2D eigenvalue weighted by molar-refractivity contribution is 14.0. The fourth-order valence-electron chi connectivity index (χ4n) is 2.56. The van der Waals surface area contributed by atoms with Crippen LogP contribution >= 0.6 is 24.0 Å². The van der Waals surface area contributed by atoms with Crippen LogP contribution < -0.4 is 15.8 Å². The molecule has 2 rings (SSSR count). The van der Waals surface area contributed by atoms with Crippen molar-refractivity contribution >= 4 is 35.6 Å². The molecule has 22 heavy (non-hydrogen) atoms. The number of halogens is 1. The van der Waals surface area contributed by atoms with Gasteiger partial charge in [0.2, 0.25) is 0 Å². The number of nitrogens with one attached hydrogen (secondary N) is 1. The molecular formula is C16H27IN4O. The predicted octanol–water partition coefficient (Wildman–Crippen LogP) is 2.92. The molecule has 0 spiro atoms. The van der Waals surface area contributed by atoms with Crippen LogP contribution in [-0.4, -0.2) is 44.1 Å². The quantitative estimate of drug-likeness (QED) is 0.439. The number of methoxy groups -OCH3 is 1. The zero-order valence-electron chi connectivity index (χ0n) is 13.3. The summed E-state index contributed by atoms with van der Waals surface area (Å²) in [5, 5.41) is 3.10. The average Bonchev–Trinajstić information content (AvgIpc) is 2.76. The van der Waals surface area contributed by atoms with Crippen molar-refractivity contribution in [2.75, 3.05) is 38.6 Å². The van der Waals surface area contributed by atoms with Gasteiger partial charge in [0, 0.05) is 18.3 Å². The molecule has 1 aliphatic rings. The molecule has 3 N–H and O–H groups in total. The molecule has 0 bridgehead atoms. The third kappa shape index (κ3) is 6.83. The summed E-state index contributed by atoms with van der Waals surface area (Å²) in [5.74, 6) is 1.26. The molecule has 0 saturated carbocycles. The highest BCUT2D eigenvalue weighted by Crippen LogP contribution is 2.16. The molecule has 124 valence electrons. The summed E-state index contributed by atoms with van der Waals surface area (Å²) in [7, 11) is 1.65. The van der Waals surface area contributed by atoms with E-state index in [1.165, 1.54) is 38.8 Å². The highest BCUT2D eigenvalue weighted by Gasteiger charge is 2.07. The van der Waals surface area contributed by atoms with Crippen molar-refractivity contribution in [2.45, 2.75) is 25.7 Å². The average molecular weight is 418 g/mol. The first-order valence-corrected chi connectivity index (χ1v) is 7.71. The number of nitrogens with zero attached hydrogens (tertiary/aromatic N) is 2. The molecule has 1 saturated heterocycles. The Morgan fingerprint density at radius 3 is 2.68 bits per heavy atom. The molecule has 1 aliphatic heterocycles. The number of guanidine groups is 1. The van der Waals surface area contributed by atoms with Gasteiger partial charge in [-0.25, -0.2) is 0 Å². The molecule has 0 amide bonds. The van der Waals surface area contributed by atoms with E-state index in [0.717, 1.165) is 24.5 Å². The van der Waals surface area contributed by atoms with Crippen LogP contribution in [0.1, 0.15) is 25.7 Å². The number of aliphatic imine (C=N–C) groups is 1. The van der Waals surface area contributed by atoms with Gasteiger partial charge in [-0.1, -0.05) is 18.9 Å². The largest absolute Gasteiger partial charge is 0.497 e. The normalized spacial score (nSPS) is 16.5. The van der Waals surface area contributed by atoms with Gasteiger partial charge >= 0.3 is 0 Å². The zero-order valence-corrected chi connectivity index (χ0v) is 15.6. The van der Waals surface area contributed by atoms with Gasteiger partial charge in [0.1, 0.15) is 5.75 Å². The molecule has 0 aromatic heterocycles. The second-order valence-electron chi connectivity index (χ2n) is 5.38. The van der Waals surface area contributed by atoms with E-state index in [1.807, 2.05) is 24.3 Å². The highest BCUT2D eigenvalue weighted by atomic mass is 127. The SMILES string of the molecule is COc1cccc(NC(N)=NCCN2CCCCCC2)c1.I. The number of hydrogen-bond acceptors (Lipinski definition) is 3. The molecule has 1 aromatic rings. The lowest BCUT2D eigenvalue weighted by atomic mass is 10.2. The summed E-state index contributed by atoms with van der Waals surface area (Å²) in [6.45, 7) is 4.11. The maximum atomic E-state index is 5.92. The summed E-state index contributed by atoms with van der Waals surface area (Å²) >= 11 is 0. The van der Waals surface area contributed by atoms with E-state index < -0.39 is 0 Å². The van der Waals surface area contributed by atoms with Crippen LogP contribution in [0.15, 0.2) is 29.3 Å². The minimum absolute atomic E-state index is 0. The Labute approximate surface area is 150 Å². The fourth-order valence-corrected chi connectivity index (χ4v) is 2.56. The Hall–Kier alpha value is -1.02. The Bertz CT molecular complexity index is 459. The van der Waals surface area contributed by atoms with Crippen LogP contribution in [0.3, 0.4) is 0 Å². The first-order valence-electron chi connectivity index (χ1n) is 7.71. The fraction of sp³-hybridized carbons (Fsp3) is 0.562. The van der Waals surface area contributed by atoms with E-state index in [2.05, 4.69) is 15.2 Å². The van der Waals surface area contributed by atoms with Crippen molar-refractivity contribution in [3.63, 3.8) is 0 Å². The molecular weight excluding hydrogens is 391 g/mol. The van der Waals surface area contributed by atoms with Crippen molar-refractivity contribution in [1.29, 1.82) is 0 Å². The van der Waals surface area contributed by atoms with Crippen molar-refractivity contribution in [1.82, 2.24) is 4.90 Å². The van der Waals surface area contributed by atoms with Crippen molar-refractivity contribution in [2.24, 2.45) is 10.7 Å². The van der Waals surface area contributed by atoms with E-state index in [9.17, 15) is 0 Å². The van der Waals surface area contributed by atoms with Crippen LogP contribution in [0, 0.1) is 0 Å². The predicted molar refractivity (Wildman–Crippen MR) is 103 cm³/mol. The molecule has 0 unspecified atom stereocenters. The first-order chi connectivity index (χ1) is 10.3. The second-order valence-corrected chi connectivity index (χ2v) is 5.38. The van der Waals surface area contributed by atoms with Crippen LogP contribution in [0.5, 0.6) is 5.75 Å². The Morgan fingerprint density at radius 2 is 2.00 bits per heavy atom. The van der Waals surface area contributed by atoms with E-state index in [-0.39, 0.29) is 24.0 Å². The van der Waals surface area contributed by atoms with E-state index >= 15 is 0 Å². The Kier molecular flexibility index (Phi) is 9.22. The molecule has 6 heteroatoms.